The molecule has 0 aliphatic carbocycles. The van der Waals surface area contributed by atoms with Crippen molar-refractivity contribution in [3.63, 3.8) is 0 Å². The van der Waals surface area contributed by atoms with Crippen LogP contribution in [0.1, 0.15) is 11.1 Å². The van der Waals surface area contributed by atoms with Crippen LogP contribution in [0.25, 0.3) is 11.1 Å². The van der Waals surface area contributed by atoms with E-state index in [1.807, 2.05) is 0 Å². The van der Waals surface area contributed by atoms with Gasteiger partial charge in [0.15, 0.2) is 0 Å². The number of hydrogen-bond donors (Lipinski definition) is 1. The van der Waals surface area contributed by atoms with Gasteiger partial charge in [-0.1, -0.05) is 24.3 Å². The lowest BCUT2D eigenvalue weighted by atomic mass is 10.0. The number of halogens is 4. The molecular weight excluding hydrogens is 288 g/mol. The van der Waals surface area contributed by atoms with E-state index in [9.17, 15) is 22.4 Å². The van der Waals surface area contributed by atoms with Crippen LogP contribution < -0.4 is 0 Å². The Labute approximate surface area is 117 Å². The van der Waals surface area contributed by atoms with Crippen molar-refractivity contribution in [3.05, 3.63) is 59.4 Å². The molecule has 21 heavy (non-hydrogen) atoms. The molecule has 110 valence electrons. The lowest BCUT2D eigenvalue weighted by Crippen LogP contribution is -2.05. The van der Waals surface area contributed by atoms with Crippen molar-refractivity contribution >= 4 is 5.97 Å². The molecule has 0 spiro atoms. The average molecular weight is 298 g/mol. The van der Waals surface area contributed by atoms with Gasteiger partial charge < -0.3 is 5.11 Å². The van der Waals surface area contributed by atoms with E-state index >= 15 is 0 Å². The number of alkyl halides is 3. The summed E-state index contributed by atoms with van der Waals surface area (Å²) in [6.45, 7) is 0. The molecule has 2 aromatic carbocycles. The Bertz CT molecular complexity index is 678. The molecule has 0 amide bonds. The molecule has 0 radical (unpaired) electrons. The van der Waals surface area contributed by atoms with Gasteiger partial charge in [-0.3, -0.25) is 4.79 Å². The van der Waals surface area contributed by atoms with E-state index in [0.717, 1.165) is 18.2 Å². The molecule has 0 aliphatic heterocycles. The summed E-state index contributed by atoms with van der Waals surface area (Å²) < 4.78 is 51.6. The first-order valence-electron chi connectivity index (χ1n) is 5.95. The van der Waals surface area contributed by atoms with Gasteiger partial charge in [0.2, 0.25) is 0 Å². The number of benzene rings is 2. The summed E-state index contributed by atoms with van der Waals surface area (Å²) in [6.07, 6.45) is -4.95. The molecule has 0 fully saturated rings. The lowest BCUT2D eigenvalue weighted by molar-refractivity contribution is -0.138. The van der Waals surface area contributed by atoms with Crippen molar-refractivity contribution in [2.45, 2.75) is 12.6 Å². The summed E-state index contributed by atoms with van der Waals surface area (Å²) in [4.78, 5) is 10.5. The highest BCUT2D eigenvalue weighted by atomic mass is 19.4. The van der Waals surface area contributed by atoms with Crippen LogP contribution in [-0.2, 0) is 17.4 Å². The summed E-state index contributed by atoms with van der Waals surface area (Å²) in [6, 6.07) is 8.22. The minimum absolute atomic E-state index is 0.0155. The van der Waals surface area contributed by atoms with Gasteiger partial charge in [0.05, 0.1) is 12.0 Å². The number of aliphatic carboxylic acids is 1. The van der Waals surface area contributed by atoms with Gasteiger partial charge in [-0.25, -0.2) is 4.39 Å². The second-order valence-corrected chi connectivity index (χ2v) is 4.46. The first kappa shape index (κ1) is 15.0. The number of rotatable bonds is 3. The fourth-order valence-electron chi connectivity index (χ4n) is 1.91. The Morgan fingerprint density at radius 2 is 1.71 bits per heavy atom. The highest BCUT2D eigenvalue weighted by Gasteiger charge is 2.30. The standard InChI is InChI=1S/C15H10F4O2/c16-13-7-10(4-5-11(13)8-14(20)21)9-2-1-3-12(6-9)15(17,18)19/h1-7H,8H2,(H,20,21). The van der Waals surface area contributed by atoms with Crippen LogP contribution in [0, 0.1) is 5.82 Å². The third kappa shape index (κ3) is 3.59. The first-order chi connectivity index (χ1) is 9.77. The van der Waals surface area contributed by atoms with Gasteiger partial charge in [0.1, 0.15) is 5.82 Å². The first-order valence-corrected chi connectivity index (χ1v) is 5.95. The van der Waals surface area contributed by atoms with E-state index in [2.05, 4.69) is 0 Å². The van der Waals surface area contributed by atoms with Crippen LogP contribution in [0.15, 0.2) is 42.5 Å². The molecule has 0 saturated carbocycles. The molecule has 2 nitrogen and oxygen atoms in total. The molecule has 0 atom stereocenters. The maximum Gasteiger partial charge on any atom is 0.416 e. The van der Waals surface area contributed by atoms with Gasteiger partial charge >= 0.3 is 12.1 Å². The van der Waals surface area contributed by atoms with E-state index in [1.54, 1.807) is 0 Å². The minimum Gasteiger partial charge on any atom is -0.481 e. The van der Waals surface area contributed by atoms with Crippen LogP contribution in [0.3, 0.4) is 0 Å². The monoisotopic (exact) mass is 298 g/mol. The normalized spacial score (nSPS) is 11.4. The molecule has 2 aromatic rings. The zero-order valence-corrected chi connectivity index (χ0v) is 10.6. The summed E-state index contributed by atoms with van der Waals surface area (Å²) in [7, 11) is 0. The van der Waals surface area contributed by atoms with Crippen LogP contribution in [0.2, 0.25) is 0 Å². The number of carboxylic acid groups (broad SMARTS) is 1. The van der Waals surface area contributed by atoms with Gasteiger partial charge in [0, 0.05) is 0 Å². The summed E-state index contributed by atoms with van der Waals surface area (Å²) in [5.41, 5.74) is -0.369. The van der Waals surface area contributed by atoms with E-state index < -0.39 is 29.9 Å². The van der Waals surface area contributed by atoms with Gasteiger partial charge in [-0.05, 0) is 34.9 Å². The Morgan fingerprint density at radius 1 is 1.05 bits per heavy atom. The maximum atomic E-state index is 13.7. The molecule has 0 unspecified atom stereocenters. The quantitative estimate of drug-likeness (QED) is 0.865. The molecule has 1 N–H and O–H groups in total. The minimum atomic E-state index is -4.47. The molecule has 6 heteroatoms. The highest BCUT2D eigenvalue weighted by molar-refractivity contribution is 5.71. The highest BCUT2D eigenvalue weighted by Crippen LogP contribution is 2.32. The van der Waals surface area contributed by atoms with E-state index in [1.165, 1.54) is 24.3 Å². The molecule has 0 aromatic heterocycles. The Balaban J connectivity index is 2.39. The predicted octanol–water partition coefficient (Wildman–Crippen LogP) is 4.14. The van der Waals surface area contributed by atoms with Gasteiger partial charge in [0.25, 0.3) is 0 Å². The van der Waals surface area contributed by atoms with Crippen molar-refractivity contribution in [2.75, 3.05) is 0 Å². The zero-order valence-electron chi connectivity index (χ0n) is 10.6. The van der Waals surface area contributed by atoms with Crippen LogP contribution >= 0.6 is 0 Å². The molecular formula is C15H10F4O2. The van der Waals surface area contributed by atoms with Crippen molar-refractivity contribution in [3.8, 4) is 11.1 Å². The fraction of sp³-hybridized carbons (Fsp3) is 0.133. The molecule has 0 saturated heterocycles. The fourth-order valence-corrected chi connectivity index (χ4v) is 1.91. The SMILES string of the molecule is O=C(O)Cc1ccc(-c2cccc(C(F)(F)F)c2)cc1F. The Kier molecular flexibility index (Phi) is 3.97. The van der Waals surface area contributed by atoms with E-state index in [0.29, 0.717) is 0 Å². The van der Waals surface area contributed by atoms with E-state index in [-0.39, 0.29) is 16.7 Å². The predicted molar refractivity (Wildman–Crippen MR) is 68.2 cm³/mol. The Morgan fingerprint density at radius 3 is 2.29 bits per heavy atom. The van der Waals surface area contributed by atoms with Crippen molar-refractivity contribution < 1.29 is 27.5 Å². The largest absolute Gasteiger partial charge is 0.481 e. The third-order valence-electron chi connectivity index (χ3n) is 2.92. The zero-order chi connectivity index (χ0) is 15.6. The molecule has 0 heterocycles. The maximum absolute atomic E-state index is 13.7. The molecule has 0 aliphatic rings. The number of carboxylic acids is 1. The second-order valence-electron chi connectivity index (χ2n) is 4.46. The lowest BCUT2D eigenvalue weighted by Gasteiger charge is -2.09. The average Bonchev–Trinajstić information content (AvgIpc) is 2.40. The van der Waals surface area contributed by atoms with Crippen molar-refractivity contribution in [2.24, 2.45) is 0 Å². The summed E-state index contributed by atoms with van der Waals surface area (Å²) in [5, 5.41) is 8.61. The number of hydrogen-bond acceptors (Lipinski definition) is 1. The summed E-state index contributed by atoms with van der Waals surface area (Å²) in [5.74, 6) is -1.94. The van der Waals surface area contributed by atoms with Crippen LogP contribution in [0.4, 0.5) is 17.6 Å². The smallest absolute Gasteiger partial charge is 0.416 e. The molecule has 2 rings (SSSR count). The molecule has 0 bridgehead atoms. The van der Waals surface area contributed by atoms with E-state index in [4.69, 9.17) is 5.11 Å². The van der Waals surface area contributed by atoms with Crippen LogP contribution in [-0.4, -0.2) is 11.1 Å². The Hall–Kier alpha value is -2.37. The van der Waals surface area contributed by atoms with Crippen LogP contribution in [0.5, 0.6) is 0 Å². The summed E-state index contributed by atoms with van der Waals surface area (Å²) >= 11 is 0. The van der Waals surface area contributed by atoms with Crippen molar-refractivity contribution in [1.29, 1.82) is 0 Å². The van der Waals surface area contributed by atoms with Crippen molar-refractivity contribution in [1.82, 2.24) is 0 Å². The third-order valence-corrected chi connectivity index (χ3v) is 2.92. The topological polar surface area (TPSA) is 37.3 Å². The van der Waals surface area contributed by atoms with Gasteiger partial charge in [-0.15, -0.1) is 0 Å². The van der Waals surface area contributed by atoms with Gasteiger partial charge in [-0.2, -0.15) is 13.2 Å². The second kappa shape index (κ2) is 5.55. The number of carbonyl (C=O) groups is 1.